The summed E-state index contributed by atoms with van der Waals surface area (Å²) in [4.78, 5) is 9.40. The number of fused-ring (bicyclic) bond motifs is 1. The molecule has 1 aliphatic rings. The van der Waals surface area contributed by atoms with E-state index in [1.54, 1.807) is 6.92 Å². The van der Waals surface area contributed by atoms with Crippen LogP contribution in [0.15, 0.2) is 6.33 Å². The van der Waals surface area contributed by atoms with Gasteiger partial charge >= 0.3 is 6.18 Å². The highest BCUT2D eigenvalue weighted by atomic mass is 19.4. The molecule has 0 aromatic carbocycles. The molecule has 100 valence electrons. The van der Waals surface area contributed by atoms with Crippen molar-refractivity contribution in [2.75, 3.05) is 24.5 Å². The minimum Gasteiger partial charge on any atom is -0.347 e. The Morgan fingerprint density at radius 1 is 1.39 bits per heavy atom. The predicted molar refractivity (Wildman–Crippen MR) is 61.4 cm³/mol. The molecular weight excluding hydrogens is 245 g/mol. The minimum atomic E-state index is -4.23. The Bertz CT molecular complexity index is 419. The van der Waals surface area contributed by atoms with Crippen LogP contribution in [-0.2, 0) is 13.0 Å². The Morgan fingerprint density at radius 2 is 2.17 bits per heavy atom. The number of aromatic nitrogens is 2. The Balaban J connectivity index is 2.30. The van der Waals surface area contributed by atoms with Crippen LogP contribution in [0.2, 0.25) is 0 Å². The van der Waals surface area contributed by atoms with Crippen molar-refractivity contribution in [3.8, 4) is 0 Å². The molecule has 1 aliphatic heterocycles. The average molecular weight is 260 g/mol. The molecule has 0 fully saturated rings. The number of nitrogens with one attached hydrogen (secondary N) is 1. The number of anilines is 1. The fraction of sp³-hybridized carbons (Fsp3) is 0.636. The lowest BCUT2D eigenvalue weighted by Crippen LogP contribution is -2.37. The minimum absolute atomic E-state index is 0.267. The summed E-state index contributed by atoms with van der Waals surface area (Å²) in [6.45, 7) is 2.31. The van der Waals surface area contributed by atoms with Gasteiger partial charge in [-0.25, -0.2) is 9.97 Å². The molecule has 7 heteroatoms. The topological polar surface area (TPSA) is 41.1 Å². The number of halogens is 3. The van der Waals surface area contributed by atoms with E-state index in [-0.39, 0.29) is 6.54 Å². The van der Waals surface area contributed by atoms with E-state index >= 15 is 0 Å². The van der Waals surface area contributed by atoms with Crippen LogP contribution in [0.4, 0.5) is 19.0 Å². The third kappa shape index (κ3) is 2.90. The zero-order chi connectivity index (χ0) is 13.2. The first-order valence-corrected chi connectivity index (χ1v) is 5.86. The first-order valence-electron chi connectivity index (χ1n) is 5.86. The van der Waals surface area contributed by atoms with Crippen LogP contribution in [0, 0.1) is 0 Å². The van der Waals surface area contributed by atoms with Crippen LogP contribution in [0.5, 0.6) is 0 Å². The first-order chi connectivity index (χ1) is 8.51. The lowest BCUT2D eigenvalue weighted by molar-refractivity contribution is -0.119. The van der Waals surface area contributed by atoms with E-state index in [0.717, 1.165) is 24.2 Å². The van der Waals surface area contributed by atoms with E-state index in [0.29, 0.717) is 12.4 Å². The van der Waals surface area contributed by atoms with Gasteiger partial charge in [0, 0.05) is 31.6 Å². The number of alkyl halides is 3. The molecule has 0 spiro atoms. The molecule has 4 nitrogen and oxygen atoms in total. The van der Waals surface area contributed by atoms with Gasteiger partial charge in [0.2, 0.25) is 0 Å². The summed E-state index contributed by atoms with van der Waals surface area (Å²) in [5.41, 5.74) is 1.63. The van der Waals surface area contributed by atoms with Gasteiger partial charge in [0.1, 0.15) is 18.7 Å². The number of nitrogens with zero attached hydrogens (tertiary/aromatic N) is 3. The molecule has 1 aromatic heterocycles. The molecule has 0 unspecified atom stereocenters. The number of hydrogen-bond donors (Lipinski definition) is 1. The van der Waals surface area contributed by atoms with Gasteiger partial charge in [-0.2, -0.15) is 13.2 Å². The van der Waals surface area contributed by atoms with Crippen molar-refractivity contribution in [2.24, 2.45) is 0 Å². The van der Waals surface area contributed by atoms with Gasteiger partial charge in [-0.05, 0) is 6.92 Å². The van der Waals surface area contributed by atoms with E-state index in [1.807, 2.05) is 0 Å². The van der Waals surface area contributed by atoms with Gasteiger partial charge in [-0.3, -0.25) is 0 Å². The third-order valence-electron chi connectivity index (χ3n) is 2.90. The molecule has 1 N–H and O–H groups in total. The fourth-order valence-corrected chi connectivity index (χ4v) is 2.08. The van der Waals surface area contributed by atoms with Crippen molar-refractivity contribution in [3.63, 3.8) is 0 Å². The standard InChI is InChI=1S/C11H15F3N4/c1-2-18(6-11(12,13)14)10-8-5-15-4-3-9(8)16-7-17-10/h7,15H,2-6H2,1H3. The molecule has 0 atom stereocenters. The molecule has 0 radical (unpaired) electrons. The molecule has 2 heterocycles. The smallest absolute Gasteiger partial charge is 0.347 e. The molecule has 0 amide bonds. The van der Waals surface area contributed by atoms with E-state index in [4.69, 9.17) is 0 Å². The third-order valence-corrected chi connectivity index (χ3v) is 2.90. The highest BCUT2D eigenvalue weighted by Crippen LogP contribution is 2.25. The van der Waals surface area contributed by atoms with Crippen LogP contribution in [0.3, 0.4) is 0 Å². The van der Waals surface area contributed by atoms with Gasteiger partial charge < -0.3 is 10.2 Å². The molecule has 18 heavy (non-hydrogen) atoms. The summed E-state index contributed by atoms with van der Waals surface area (Å²) in [5.74, 6) is 0.395. The average Bonchev–Trinajstić information content (AvgIpc) is 2.34. The molecule has 0 saturated heterocycles. The highest BCUT2D eigenvalue weighted by Gasteiger charge is 2.32. The second-order valence-corrected chi connectivity index (χ2v) is 4.18. The second kappa shape index (κ2) is 5.09. The quantitative estimate of drug-likeness (QED) is 0.894. The largest absolute Gasteiger partial charge is 0.405 e. The Morgan fingerprint density at radius 3 is 2.83 bits per heavy atom. The summed E-state index contributed by atoms with van der Waals surface area (Å²) >= 11 is 0. The molecule has 0 saturated carbocycles. The van der Waals surface area contributed by atoms with Gasteiger partial charge in [0.25, 0.3) is 0 Å². The first kappa shape index (κ1) is 13.1. The number of hydrogen-bond acceptors (Lipinski definition) is 4. The summed E-state index contributed by atoms with van der Waals surface area (Å²) in [5, 5.41) is 3.14. The normalized spacial score (nSPS) is 15.3. The summed E-state index contributed by atoms with van der Waals surface area (Å²) in [6, 6.07) is 0. The SMILES string of the molecule is CCN(CC(F)(F)F)c1ncnc2c1CNCC2. The van der Waals surface area contributed by atoms with Crippen molar-refractivity contribution in [3.05, 3.63) is 17.6 Å². The Kier molecular flexibility index (Phi) is 3.70. The van der Waals surface area contributed by atoms with Crippen LogP contribution >= 0.6 is 0 Å². The highest BCUT2D eigenvalue weighted by molar-refractivity contribution is 5.49. The van der Waals surface area contributed by atoms with Crippen molar-refractivity contribution >= 4 is 5.82 Å². The number of rotatable bonds is 3. The molecular formula is C11H15F3N4. The van der Waals surface area contributed by atoms with Crippen molar-refractivity contribution in [2.45, 2.75) is 26.1 Å². The zero-order valence-corrected chi connectivity index (χ0v) is 10.1. The Labute approximate surface area is 103 Å². The van der Waals surface area contributed by atoms with E-state index in [2.05, 4.69) is 15.3 Å². The van der Waals surface area contributed by atoms with Crippen molar-refractivity contribution in [1.82, 2.24) is 15.3 Å². The maximum absolute atomic E-state index is 12.5. The molecule has 2 rings (SSSR count). The van der Waals surface area contributed by atoms with Gasteiger partial charge in [0.15, 0.2) is 0 Å². The van der Waals surface area contributed by atoms with Crippen molar-refractivity contribution < 1.29 is 13.2 Å². The molecule has 1 aromatic rings. The zero-order valence-electron chi connectivity index (χ0n) is 10.1. The van der Waals surface area contributed by atoms with Crippen LogP contribution in [0.25, 0.3) is 0 Å². The summed E-state index contributed by atoms with van der Waals surface area (Å²) in [6.07, 6.45) is -2.15. The Hall–Kier alpha value is -1.37. The van der Waals surface area contributed by atoms with Gasteiger partial charge in [-0.15, -0.1) is 0 Å². The van der Waals surface area contributed by atoms with Crippen LogP contribution in [0.1, 0.15) is 18.2 Å². The molecule has 0 aliphatic carbocycles. The van der Waals surface area contributed by atoms with Gasteiger partial charge in [0.05, 0.1) is 5.69 Å². The lowest BCUT2D eigenvalue weighted by atomic mass is 10.1. The lowest BCUT2D eigenvalue weighted by Gasteiger charge is -2.27. The maximum Gasteiger partial charge on any atom is 0.405 e. The van der Waals surface area contributed by atoms with Crippen LogP contribution < -0.4 is 10.2 Å². The van der Waals surface area contributed by atoms with E-state index in [1.165, 1.54) is 11.2 Å². The fourth-order valence-electron chi connectivity index (χ4n) is 2.08. The van der Waals surface area contributed by atoms with Gasteiger partial charge in [-0.1, -0.05) is 0 Å². The monoisotopic (exact) mass is 260 g/mol. The summed E-state index contributed by atoms with van der Waals surface area (Å²) < 4.78 is 37.5. The predicted octanol–water partition coefficient (Wildman–Crippen LogP) is 1.51. The molecule has 0 bridgehead atoms. The van der Waals surface area contributed by atoms with Crippen molar-refractivity contribution in [1.29, 1.82) is 0 Å². The maximum atomic E-state index is 12.5. The second-order valence-electron chi connectivity index (χ2n) is 4.18. The van der Waals surface area contributed by atoms with E-state index < -0.39 is 12.7 Å². The van der Waals surface area contributed by atoms with Crippen LogP contribution in [-0.4, -0.2) is 35.8 Å². The van der Waals surface area contributed by atoms with E-state index in [9.17, 15) is 13.2 Å². The summed E-state index contributed by atoms with van der Waals surface area (Å²) in [7, 11) is 0.